The average molecular weight is 370 g/mol. The first kappa shape index (κ1) is 18.7. The maximum Gasteiger partial charge on any atom is 0.268 e. The van der Waals surface area contributed by atoms with Crippen LogP contribution in [-0.4, -0.2) is 45.2 Å². The molecule has 1 heterocycles. The van der Waals surface area contributed by atoms with E-state index in [2.05, 4.69) is 10.5 Å². The second kappa shape index (κ2) is 9.05. The Morgan fingerprint density at radius 1 is 1.15 bits per heavy atom. The van der Waals surface area contributed by atoms with Crippen LogP contribution in [0.3, 0.4) is 0 Å². The number of ether oxygens (including phenoxy) is 3. The van der Waals surface area contributed by atoms with Gasteiger partial charge in [0.05, 0.1) is 19.4 Å². The van der Waals surface area contributed by atoms with Crippen LogP contribution in [0.2, 0.25) is 0 Å². The van der Waals surface area contributed by atoms with Gasteiger partial charge in [-0.25, -0.2) is 0 Å². The second-order valence-corrected chi connectivity index (χ2v) is 5.90. The summed E-state index contributed by atoms with van der Waals surface area (Å²) in [6, 6.07) is 14.8. The topological polar surface area (TPSA) is 78.4 Å². The highest BCUT2D eigenvalue weighted by Gasteiger charge is 2.29. The lowest BCUT2D eigenvalue weighted by atomic mass is 10.0. The number of benzene rings is 2. The standard InChI is InChI=1S/C20H22N2O5/c1-24-10-11-26-18-12-15(8-9-17(18)25-2)21-20(23)19-13-16(22-27-19)14-6-4-3-5-7-14/h3-9,12,19H,10-11,13H2,1-2H3,(H,21,23). The normalized spacial score (nSPS) is 15.6. The van der Waals surface area contributed by atoms with Crippen LogP contribution in [-0.2, 0) is 14.4 Å². The van der Waals surface area contributed by atoms with Gasteiger partial charge in [-0.2, -0.15) is 0 Å². The molecule has 0 radical (unpaired) electrons. The van der Waals surface area contributed by atoms with Gasteiger partial charge in [-0.15, -0.1) is 0 Å². The van der Waals surface area contributed by atoms with E-state index in [1.54, 1.807) is 32.4 Å². The minimum absolute atomic E-state index is 0.266. The number of anilines is 1. The molecule has 0 bridgehead atoms. The Hall–Kier alpha value is -3.06. The largest absolute Gasteiger partial charge is 0.493 e. The Labute approximate surface area is 157 Å². The summed E-state index contributed by atoms with van der Waals surface area (Å²) in [5.74, 6) is 0.842. The van der Waals surface area contributed by atoms with Gasteiger partial charge in [0.1, 0.15) is 6.61 Å². The highest BCUT2D eigenvalue weighted by molar-refractivity contribution is 6.06. The van der Waals surface area contributed by atoms with E-state index in [0.717, 1.165) is 11.3 Å². The molecule has 0 spiro atoms. The number of hydrogen-bond acceptors (Lipinski definition) is 6. The minimum atomic E-state index is -0.667. The molecule has 7 heteroatoms. The number of rotatable bonds is 8. The second-order valence-electron chi connectivity index (χ2n) is 5.90. The van der Waals surface area contributed by atoms with Crippen LogP contribution in [0.15, 0.2) is 53.7 Å². The zero-order valence-corrected chi connectivity index (χ0v) is 15.3. The lowest BCUT2D eigenvalue weighted by molar-refractivity contribution is -0.125. The van der Waals surface area contributed by atoms with E-state index in [4.69, 9.17) is 19.0 Å². The first-order valence-corrected chi connectivity index (χ1v) is 8.60. The molecule has 0 saturated heterocycles. The molecule has 0 aromatic heterocycles. The van der Waals surface area contributed by atoms with Crippen molar-refractivity contribution in [3.05, 3.63) is 54.1 Å². The number of hydrogen-bond donors (Lipinski definition) is 1. The molecule has 1 unspecified atom stereocenters. The zero-order valence-electron chi connectivity index (χ0n) is 15.3. The summed E-state index contributed by atoms with van der Waals surface area (Å²) in [6.45, 7) is 0.833. The monoisotopic (exact) mass is 370 g/mol. The van der Waals surface area contributed by atoms with Crippen molar-refractivity contribution < 1.29 is 23.8 Å². The lowest BCUT2D eigenvalue weighted by Gasteiger charge is -2.14. The molecule has 1 amide bonds. The summed E-state index contributed by atoms with van der Waals surface area (Å²) in [4.78, 5) is 17.8. The number of amides is 1. The Kier molecular flexibility index (Phi) is 6.27. The van der Waals surface area contributed by atoms with Gasteiger partial charge in [0.25, 0.3) is 5.91 Å². The lowest BCUT2D eigenvalue weighted by Crippen LogP contribution is -2.28. The Morgan fingerprint density at radius 3 is 2.70 bits per heavy atom. The van der Waals surface area contributed by atoms with Crippen molar-refractivity contribution in [2.45, 2.75) is 12.5 Å². The SMILES string of the molecule is COCCOc1cc(NC(=O)C2CC(c3ccccc3)=NO2)ccc1OC. The highest BCUT2D eigenvalue weighted by atomic mass is 16.6. The fourth-order valence-corrected chi connectivity index (χ4v) is 2.64. The van der Waals surface area contributed by atoms with Gasteiger partial charge >= 0.3 is 0 Å². The van der Waals surface area contributed by atoms with E-state index >= 15 is 0 Å². The molecular weight excluding hydrogens is 348 g/mol. The quantitative estimate of drug-likeness (QED) is 0.723. The summed E-state index contributed by atoms with van der Waals surface area (Å²) < 4.78 is 15.9. The van der Waals surface area contributed by atoms with E-state index in [0.29, 0.717) is 36.8 Å². The predicted octanol–water partition coefficient (Wildman–Crippen LogP) is 2.85. The van der Waals surface area contributed by atoms with Gasteiger partial charge in [0.2, 0.25) is 6.10 Å². The molecule has 0 saturated carbocycles. The van der Waals surface area contributed by atoms with Gasteiger partial charge in [0.15, 0.2) is 11.5 Å². The smallest absolute Gasteiger partial charge is 0.268 e. The van der Waals surface area contributed by atoms with Crippen LogP contribution in [0, 0.1) is 0 Å². The number of methoxy groups -OCH3 is 2. The Morgan fingerprint density at radius 2 is 1.96 bits per heavy atom. The number of oxime groups is 1. The van der Waals surface area contributed by atoms with Crippen molar-refractivity contribution in [3.8, 4) is 11.5 Å². The molecule has 1 N–H and O–H groups in total. The average Bonchev–Trinajstić information content (AvgIpc) is 3.20. The van der Waals surface area contributed by atoms with E-state index in [9.17, 15) is 4.79 Å². The van der Waals surface area contributed by atoms with Crippen LogP contribution < -0.4 is 14.8 Å². The molecule has 142 valence electrons. The van der Waals surface area contributed by atoms with E-state index in [1.807, 2.05) is 30.3 Å². The van der Waals surface area contributed by atoms with E-state index in [1.165, 1.54) is 0 Å². The van der Waals surface area contributed by atoms with Gasteiger partial charge < -0.3 is 24.4 Å². The van der Waals surface area contributed by atoms with Crippen molar-refractivity contribution in [3.63, 3.8) is 0 Å². The van der Waals surface area contributed by atoms with Crippen molar-refractivity contribution in [1.82, 2.24) is 0 Å². The summed E-state index contributed by atoms with van der Waals surface area (Å²) in [5, 5.41) is 6.88. The fourth-order valence-electron chi connectivity index (χ4n) is 2.64. The third kappa shape index (κ3) is 4.77. The van der Waals surface area contributed by atoms with Crippen LogP contribution in [0.4, 0.5) is 5.69 Å². The van der Waals surface area contributed by atoms with Crippen molar-refractivity contribution >= 4 is 17.3 Å². The molecule has 1 atom stereocenters. The highest BCUT2D eigenvalue weighted by Crippen LogP contribution is 2.30. The summed E-state index contributed by atoms with van der Waals surface area (Å²) in [7, 11) is 3.16. The summed E-state index contributed by atoms with van der Waals surface area (Å²) in [6.07, 6.45) is -0.247. The minimum Gasteiger partial charge on any atom is -0.493 e. The third-order valence-electron chi connectivity index (χ3n) is 4.04. The van der Waals surface area contributed by atoms with Crippen LogP contribution in [0.5, 0.6) is 11.5 Å². The maximum absolute atomic E-state index is 12.5. The van der Waals surface area contributed by atoms with Crippen LogP contribution in [0.25, 0.3) is 0 Å². The maximum atomic E-state index is 12.5. The first-order valence-electron chi connectivity index (χ1n) is 8.60. The van der Waals surface area contributed by atoms with E-state index < -0.39 is 6.10 Å². The van der Waals surface area contributed by atoms with Gasteiger partial charge in [-0.3, -0.25) is 4.79 Å². The van der Waals surface area contributed by atoms with Crippen LogP contribution >= 0.6 is 0 Å². The molecule has 3 rings (SSSR count). The molecule has 7 nitrogen and oxygen atoms in total. The van der Waals surface area contributed by atoms with Gasteiger partial charge in [0, 0.05) is 25.3 Å². The zero-order chi connectivity index (χ0) is 19.1. The van der Waals surface area contributed by atoms with E-state index in [-0.39, 0.29) is 5.91 Å². The molecule has 0 aliphatic carbocycles. The number of carbonyl (C=O) groups is 1. The number of carbonyl (C=O) groups excluding carboxylic acids is 1. The number of nitrogens with one attached hydrogen (secondary N) is 1. The van der Waals surface area contributed by atoms with Crippen molar-refractivity contribution in [2.24, 2.45) is 5.16 Å². The number of nitrogens with zero attached hydrogens (tertiary/aromatic N) is 1. The van der Waals surface area contributed by atoms with Crippen LogP contribution in [0.1, 0.15) is 12.0 Å². The molecular formula is C20H22N2O5. The van der Waals surface area contributed by atoms with Crippen molar-refractivity contribution in [1.29, 1.82) is 0 Å². The molecule has 1 aliphatic rings. The first-order chi connectivity index (χ1) is 13.2. The van der Waals surface area contributed by atoms with Gasteiger partial charge in [-0.1, -0.05) is 35.5 Å². The summed E-state index contributed by atoms with van der Waals surface area (Å²) in [5.41, 5.74) is 2.30. The Bertz CT molecular complexity index is 807. The fraction of sp³-hybridized carbons (Fsp3) is 0.300. The predicted molar refractivity (Wildman–Crippen MR) is 101 cm³/mol. The third-order valence-corrected chi connectivity index (χ3v) is 4.04. The molecule has 0 fully saturated rings. The molecule has 1 aliphatic heterocycles. The van der Waals surface area contributed by atoms with Gasteiger partial charge in [-0.05, 0) is 17.7 Å². The molecule has 2 aromatic carbocycles. The van der Waals surface area contributed by atoms with Crippen molar-refractivity contribution in [2.75, 3.05) is 32.8 Å². The Balaban J connectivity index is 1.62. The molecule has 27 heavy (non-hydrogen) atoms. The molecule has 2 aromatic rings. The summed E-state index contributed by atoms with van der Waals surface area (Å²) >= 11 is 0.